The molecule has 2 nitrogen and oxygen atoms in total. The Balaban J connectivity index is 1.68. The van der Waals surface area contributed by atoms with E-state index in [1.54, 1.807) is 0 Å². The average molecular weight is 273 g/mol. The van der Waals surface area contributed by atoms with E-state index in [1.807, 2.05) is 0 Å². The maximum Gasteiger partial charge on any atom is 0.0830 e. The van der Waals surface area contributed by atoms with Gasteiger partial charge in [-0.3, -0.25) is 0 Å². The van der Waals surface area contributed by atoms with Gasteiger partial charge in [0.05, 0.1) is 12.7 Å². The van der Waals surface area contributed by atoms with Gasteiger partial charge in [0, 0.05) is 6.04 Å². The van der Waals surface area contributed by atoms with Gasteiger partial charge in [0.15, 0.2) is 0 Å². The first-order valence-electron chi connectivity index (χ1n) is 8.23. The zero-order chi connectivity index (χ0) is 13.8. The summed E-state index contributed by atoms with van der Waals surface area (Å²) in [5.74, 6) is 0.811. The maximum atomic E-state index is 6.10. The van der Waals surface area contributed by atoms with Crippen LogP contribution >= 0.6 is 0 Å². The van der Waals surface area contributed by atoms with Crippen molar-refractivity contribution in [1.29, 1.82) is 0 Å². The van der Waals surface area contributed by atoms with E-state index in [0.29, 0.717) is 12.1 Å². The number of fused-ring (bicyclic) bond motifs is 1. The Kier molecular flexibility index (Phi) is 4.74. The SMILES string of the molecule is CNC1CCCCC(CC2OCCc3ccccc32)C1. The lowest BCUT2D eigenvalue weighted by molar-refractivity contribution is 0.0230. The monoisotopic (exact) mass is 273 g/mol. The van der Waals surface area contributed by atoms with Crippen molar-refractivity contribution in [3.63, 3.8) is 0 Å². The van der Waals surface area contributed by atoms with Crippen LogP contribution in [0.15, 0.2) is 24.3 Å². The zero-order valence-electron chi connectivity index (χ0n) is 12.6. The van der Waals surface area contributed by atoms with Crippen LogP contribution in [-0.2, 0) is 11.2 Å². The third kappa shape index (κ3) is 3.24. The lowest BCUT2D eigenvalue weighted by Gasteiger charge is -2.30. The quantitative estimate of drug-likeness (QED) is 0.844. The lowest BCUT2D eigenvalue weighted by Crippen LogP contribution is -2.27. The van der Waals surface area contributed by atoms with Gasteiger partial charge in [0.1, 0.15) is 0 Å². The average Bonchev–Trinajstić information content (AvgIpc) is 2.73. The summed E-state index contributed by atoms with van der Waals surface area (Å²) in [7, 11) is 2.11. The molecular weight excluding hydrogens is 246 g/mol. The van der Waals surface area contributed by atoms with E-state index in [-0.39, 0.29) is 0 Å². The molecule has 1 aromatic rings. The number of hydrogen-bond donors (Lipinski definition) is 1. The summed E-state index contributed by atoms with van der Waals surface area (Å²) in [5.41, 5.74) is 2.95. The molecule has 0 radical (unpaired) electrons. The van der Waals surface area contributed by atoms with Crippen LogP contribution in [0, 0.1) is 5.92 Å². The second-order valence-electron chi connectivity index (χ2n) is 6.42. The first-order valence-corrected chi connectivity index (χ1v) is 8.23. The predicted octanol–water partition coefficient (Wildman–Crippen LogP) is 3.86. The second-order valence-corrected chi connectivity index (χ2v) is 6.42. The molecule has 1 N–H and O–H groups in total. The Morgan fingerprint density at radius 3 is 2.95 bits per heavy atom. The highest BCUT2D eigenvalue weighted by Crippen LogP contribution is 2.36. The molecule has 20 heavy (non-hydrogen) atoms. The Labute approximate surface area is 122 Å². The first kappa shape index (κ1) is 14.1. The van der Waals surface area contributed by atoms with Crippen LogP contribution in [0.4, 0.5) is 0 Å². The molecule has 1 heterocycles. The molecule has 3 unspecified atom stereocenters. The van der Waals surface area contributed by atoms with Gasteiger partial charge >= 0.3 is 0 Å². The van der Waals surface area contributed by atoms with Crippen LogP contribution in [0.2, 0.25) is 0 Å². The molecule has 3 atom stereocenters. The number of ether oxygens (including phenoxy) is 1. The van der Waals surface area contributed by atoms with Gasteiger partial charge in [0.25, 0.3) is 0 Å². The molecule has 1 fully saturated rings. The summed E-state index contributed by atoms with van der Waals surface area (Å²) < 4.78 is 6.10. The van der Waals surface area contributed by atoms with Crippen LogP contribution in [0.3, 0.4) is 0 Å². The molecule has 1 aromatic carbocycles. The number of rotatable bonds is 3. The van der Waals surface area contributed by atoms with E-state index in [0.717, 1.165) is 18.9 Å². The topological polar surface area (TPSA) is 21.3 Å². The normalized spacial score (nSPS) is 30.6. The molecule has 0 spiro atoms. The van der Waals surface area contributed by atoms with E-state index in [1.165, 1.54) is 49.7 Å². The number of hydrogen-bond acceptors (Lipinski definition) is 2. The van der Waals surface area contributed by atoms with E-state index >= 15 is 0 Å². The van der Waals surface area contributed by atoms with Crippen molar-refractivity contribution >= 4 is 0 Å². The summed E-state index contributed by atoms with van der Waals surface area (Å²) in [6.45, 7) is 0.893. The van der Waals surface area contributed by atoms with Crippen molar-refractivity contribution < 1.29 is 4.74 Å². The van der Waals surface area contributed by atoms with Gasteiger partial charge < -0.3 is 10.1 Å². The summed E-state index contributed by atoms with van der Waals surface area (Å²) >= 11 is 0. The van der Waals surface area contributed by atoms with Crippen molar-refractivity contribution in [3.05, 3.63) is 35.4 Å². The fourth-order valence-corrected chi connectivity index (χ4v) is 3.91. The highest BCUT2D eigenvalue weighted by Gasteiger charge is 2.26. The third-order valence-electron chi connectivity index (χ3n) is 5.08. The molecule has 0 bridgehead atoms. The Bertz CT molecular complexity index is 431. The standard InChI is InChI=1S/C18H27NO/c1-19-16-8-4-2-6-14(12-16)13-18-17-9-5-3-7-15(17)10-11-20-18/h3,5,7,9,14,16,18-19H,2,4,6,8,10-13H2,1H3. The van der Waals surface area contributed by atoms with E-state index < -0.39 is 0 Å². The van der Waals surface area contributed by atoms with Gasteiger partial charge in [-0.05, 0) is 49.8 Å². The molecule has 2 aliphatic rings. The molecule has 1 aliphatic heterocycles. The minimum absolute atomic E-state index is 0.334. The number of benzene rings is 1. The molecule has 0 amide bonds. The summed E-state index contributed by atoms with van der Waals surface area (Å²) in [6.07, 6.45) is 9.42. The zero-order valence-corrected chi connectivity index (χ0v) is 12.6. The summed E-state index contributed by atoms with van der Waals surface area (Å²) in [6, 6.07) is 9.56. The van der Waals surface area contributed by atoms with Gasteiger partial charge in [-0.2, -0.15) is 0 Å². The number of nitrogens with one attached hydrogen (secondary N) is 1. The third-order valence-corrected chi connectivity index (χ3v) is 5.08. The summed E-state index contributed by atoms with van der Waals surface area (Å²) in [5, 5.41) is 3.49. The van der Waals surface area contributed by atoms with Crippen molar-refractivity contribution in [3.8, 4) is 0 Å². The van der Waals surface area contributed by atoms with E-state index in [2.05, 4.69) is 36.6 Å². The first-order chi connectivity index (χ1) is 9.86. The fraction of sp³-hybridized carbons (Fsp3) is 0.667. The lowest BCUT2D eigenvalue weighted by atomic mass is 9.87. The van der Waals surface area contributed by atoms with Crippen LogP contribution in [0.25, 0.3) is 0 Å². The molecule has 3 rings (SSSR count). The highest BCUT2D eigenvalue weighted by atomic mass is 16.5. The van der Waals surface area contributed by atoms with E-state index in [4.69, 9.17) is 4.74 Å². The molecule has 110 valence electrons. The predicted molar refractivity (Wildman–Crippen MR) is 82.9 cm³/mol. The van der Waals surface area contributed by atoms with E-state index in [9.17, 15) is 0 Å². The van der Waals surface area contributed by atoms with Crippen LogP contribution in [-0.4, -0.2) is 19.7 Å². The van der Waals surface area contributed by atoms with Crippen molar-refractivity contribution in [2.45, 2.75) is 57.1 Å². The maximum absolute atomic E-state index is 6.10. The van der Waals surface area contributed by atoms with Crippen molar-refractivity contribution in [1.82, 2.24) is 5.32 Å². The van der Waals surface area contributed by atoms with Gasteiger partial charge in [-0.1, -0.05) is 43.5 Å². The van der Waals surface area contributed by atoms with Crippen LogP contribution < -0.4 is 5.32 Å². The molecular formula is C18H27NO. The Morgan fingerprint density at radius 2 is 2.05 bits per heavy atom. The summed E-state index contributed by atoms with van der Waals surface area (Å²) in [4.78, 5) is 0. The fourth-order valence-electron chi connectivity index (χ4n) is 3.91. The highest BCUT2D eigenvalue weighted by molar-refractivity contribution is 5.30. The minimum atomic E-state index is 0.334. The van der Waals surface area contributed by atoms with Crippen molar-refractivity contribution in [2.24, 2.45) is 5.92 Å². The molecule has 0 aromatic heterocycles. The molecule has 1 saturated carbocycles. The largest absolute Gasteiger partial charge is 0.373 e. The molecule has 1 aliphatic carbocycles. The van der Waals surface area contributed by atoms with Gasteiger partial charge in [-0.15, -0.1) is 0 Å². The second kappa shape index (κ2) is 6.73. The molecule has 0 saturated heterocycles. The Hall–Kier alpha value is -0.860. The van der Waals surface area contributed by atoms with Gasteiger partial charge in [0.2, 0.25) is 0 Å². The van der Waals surface area contributed by atoms with Gasteiger partial charge in [-0.25, -0.2) is 0 Å². The Morgan fingerprint density at radius 1 is 1.20 bits per heavy atom. The van der Waals surface area contributed by atoms with Crippen LogP contribution in [0.1, 0.15) is 55.8 Å². The smallest absolute Gasteiger partial charge is 0.0830 e. The van der Waals surface area contributed by atoms with Crippen LogP contribution in [0.5, 0.6) is 0 Å². The van der Waals surface area contributed by atoms with Crippen molar-refractivity contribution in [2.75, 3.05) is 13.7 Å². The molecule has 2 heteroatoms. The minimum Gasteiger partial charge on any atom is -0.373 e.